The summed E-state index contributed by atoms with van der Waals surface area (Å²) in [6, 6.07) is 17.2. The molecule has 0 saturated heterocycles. The molecule has 0 aliphatic rings. The van der Waals surface area contributed by atoms with Crippen molar-refractivity contribution < 1.29 is 13.2 Å². The average Bonchev–Trinajstić information content (AvgIpc) is 3.16. The van der Waals surface area contributed by atoms with Gasteiger partial charge in [-0.15, -0.1) is 0 Å². The Labute approximate surface area is 160 Å². The molecule has 3 N–H and O–H groups in total. The second-order valence-corrected chi connectivity index (χ2v) is 7.57. The molecule has 2 aromatic carbocycles. The highest BCUT2D eigenvalue weighted by Gasteiger charge is 2.22. The summed E-state index contributed by atoms with van der Waals surface area (Å²) in [6.45, 7) is 0. The number of nitrogens with zero attached hydrogens (tertiary/aromatic N) is 2. The lowest BCUT2D eigenvalue weighted by Crippen LogP contribution is -2.18. The first-order valence-electron chi connectivity index (χ1n) is 8.31. The van der Waals surface area contributed by atoms with Crippen molar-refractivity contribution in [1.29, 1.82) is 0 Å². The van der Waals surface area contributed by atoms with Gasteiger partial charge in [0.05, 0.1) is 17.4 Å². The van der Waals surface area contributed by atoms with E-state index in [-0.39, 0.29) is 16.3 Å². The Bertz CT molecular complexity index is 1250. The fourth-order valence-electron chi connectivity index (χ4n) is 2.74. The number of hydrogen-bond acceptors (Lipinski definition) is 5. The highest BCUT2D eigenvalue weighted by Crippen LogP contribution is 2.24. The van der Waals surface area contributed by atoms with E-state index in [1.165, 1.54) is 18.5 Å². The van der Waals surface area contributed by atoms with Crippen molar-refractivity contribution in [2.45, 2.75) is 4.90 Å². The lowest BCUT2D eigenvalue weighted by Gasteiger charge is -2.10. The van der Waals surface area contributed by atoms with Crippen LogP contribution >= 0.6 is 0 Å². The average molecular weight is 393 g/mol. The summed E-state index contributed by atoms with van der Waals surface area (Å²) in [5.41, 5.74) is 0.965. The zero-order valence-electron chi connectivity index (χ0n) is 14.5. The Morgan fingerprint density at radius 1 is 0.964 bits per heavy atom. The number of fused-ring (bicyclic) bond motifs is 1. The third-order valence-corrected chi connectivity index (χ3v) is 5.42. The molecule has 0 saturated carbocycles. The third kappa shape index (κ3) is 3.42. The number of carbonyl (C=O) groups excluding carboxylic acids is 1. The van der Waals surface area contributed by atoms with Crippen LogP contribution in [0.25, 0.3) is 10.9 Å². The van der Waals surface area contributed by atoms with E-state index in [9.17, 15) is 13.2 Å². The minimum Gasteiger partial charge on any atom is -0.321 e. The fraction of sp³-hybridized carbons (Fsp3) is 0. The van der Waals surface area contributed by atoms with Crippen LogP contribution in [0.3, 0.4) is 0 Å². The van der Waals surface area contributed by atoms with Gasteiger partial charge < -0.3 is 5.32 Å². The number of sulfonamides is 1. The van der Waals surface area contributed by atoms with E-state index < -0.39 is 15.9 Å². The van der Waals surface area contributed by atoms with Crippen molar-refractivity contribution in [3.63, 3.8) is 0 Å². The summed E-state index contributed by atoms with van der Waals surface area (Å²) >= 11 is 0. The molecule has 4 rings (SSSR count). The first-order chi connectivity index (χ1) is 13.5. The predicted octanol–water partition coefficient (Wildman–Crippen LogP) is 3.01. The number of anilines is 2. The predicted molar refractivity (Wildman–Crippen MR) is 106 cm³/mol. The Morgan fingerprint density at radius 3 is 2.57 bits per heavy atom. The molecule has 8 nitrogen and oxygen atoms in total. The van der Waals surface area contributed by atoms with Crippen LogP contribution in [0.5, 0.6) is 0 Å². The van der Waals surface area contributed by atoms with Crippen molar-refractivity contribution in [3.8, 4) is 0 Å². The Hall–Kier alpha value is -3.72. The Kier molecular flexibility index (Phi) is 4.50. The largest absolute Gasteiger partial charge is 0.321 e. The van der Waals surface area contributed by atoms with Crippen molar-refractivity contribution in [2.24, 2.45) is 0 Å². The standard InChI is InChI=1S/C19H15N5O3S/c25-19(22-14-8-2-1-3-9-14)18-15(12-21-23-18)24-28(26,27)16-10-4-6-13-7-5-11-20-17(13)16/h1-12,24H,(H,21,23)(H,22,25). The lowest BCUT2D eigenvalue weighted by molar-refractivity contribution is 0.102. The van der Waals surface area contributed by atoms with E-state index in [0.717, 1.165) is 0 Å². The van der Waals surface area contributed by atoms with Gasteiger partial charge in [0, 0.05) is 17.3 Å². The molecule has 9 heteroatoms. The van der Waals surface area contributed by atoms with Crippen molar-refractivity contribution >= 4 is 38.2 Å². The number of carbonyl (C=O) groups is 1. The van der Waals surface area contributed by atoms with E-state index in [4.69, 9.17) is 0 Å². The van der Waals surface area contributed by atoms with Crippen molar-refractivity contribution in [3.05, 3.63) is 78.8 Å². The maximum absolute atomic E-state index is 12.9. The number of aromatic amines is 1. The molecular weight excluding hydrogens is 378 g/mol. The molecule has 0 fully saturated rings. The second-order valence-electron chi connectivity index (χ2n) is 5.92. The van der Waals surface area contributed by atoms with Gasteiger partial charge in [0.25, 0.3) is 15.9 Å². The minimum absolute atomic E-state index is 0.000578. The van der Waals surface area contributed by atoms with Gasteiger partial charge in [0.15, 0.2) is 0 Å². The molecule has 0 unspecified atom stereocenters. The quantitative estimate of drug-likeness (QED) is 0.482. The first kappa shape index (κ1) is 17.7. The van der Waals surface area contributed by atoms with Gasteiger partial charge in [-0.3, -0.25) is 19.6 Å². The van der Waals surface area contributed by atoms with Gasteiger partial charge in [-0.25, -0.2) is 8.42 Å². The molecule has 0 aliphatic heterocycles. The normalized spacial score (nSPS) is 11.3. The van der Waals surface area contributed by atoms with Gasteiger partial charge in [-0.05, 0) is 24.3 Å². The number of para-hydroxylation sites is 2. The molecule has 0 radical (unpaired) electrons. The fourth-order valence-corrected chi connectivity index (χ4v) is 3.98. The van der Waals surface area contributed by atoms with Crippen LogP contribution in [0, 0.1) is 0 Å². The number of hydrogen-bond donors (Lipinski definition) is 3. The number of pyridine rings is 1. The zero-order chi connectivity index (χ0) is 19.6. The van der Waals surface area contributed by atoms with Gasteiger partial charge in [0.1, 0.15) is 10.6 Å². The van der Waals surface area contributed by atoms with Crippen LogP contribution in [-0.2, 0) is 10.0 Å². The topological polar surface area (TPSA) is 117 Å². The molecular formula is C19H15N5O3S. The molecule has 4 aromatic rings. The van der Waals surface area contributed by atoms with Gasteiger partial charge in [0.2, 0.25) is 0 Å². The lowest BCUT2D eigenvalue weighted by atomic mass is 10.2. The van der Waals surface area contributed by atoms with Crippen LogP contribution in [-0.4, -0.2) is 29.5 Å². The van der Waals surface area contributed by atoms with Gasteiger partial charge in [-0.1, -0.05) is 36.4 Å². The molecule has 0 bridgehead atoms. The smallest absolute Gasteiger partial charge is 0.275 e. The molecule has 0 aliphatic carbocycles. The maximum Gasteiger partial charge on any atom is 0.275 e. The van der Waals surface area contributed by atoms with E-state index in [2.05, 4.69) is 25.2 Å². The summed E-state index contributed by atoms with van der Waals surface area (Å²) in [5, 5.41) is 9.71. The number of rotatable bonds is 5. The highest BCUT2D eigenvalue weighted by molar-refractivity contribution is 7.93. The Balaban J connectivity index is 1.65. The van der Waals surface area contributed by atoms with Crippen LogP contribution in [0.4, 0.5) is 11.4 Å². The third-order valence-electron chi connectivity index (χ3n) is 4.03. The number of aromatic nitrogens is 3. The summed E-state index contributed by atoms with van der Waals surface area (Å²) in [4.78, 5) is 16.7. The number of H-pyrrole nitrogens is 1. The highest BCUT2D eigenvalue weighted by atomic mass is 32.2. The molecule has 28 heavy (non-hydrogen) atoms. The van der Waals surface area contributed by atoms with Crippen molar-refractivity contribution in [2.75, 3.05) is 10.0 Å². The van der Waals surface area contributed by atoms with Gasteiger partial charge in [-0.2, -0.15) is 5.10 Å². The molecule has 0 spiro atoms. The number of benzene rings is 2. The summed E-state index contributed by atoms with van der Waals surface area (Å²) < 4.78 is 28.3. The molecule has 140 valence electrons. The van der Waals surface area contributed by atoms with Crippen LogP contribution < -0.4 is 10.0 Å². The molecule has 0 atom stereocenters. The van der Waals surface area contributed by atoms with E-state index >= 15 is 0 Å². The van der Waals surface area contributed by atoms with E-state index in [1.54, 1.807) is 48.5 Å². The van der Waals surface area contributed by atoms with Gasteiger partial charge >= 0.3 is 0 Å². The van der Waals surface area contributed by atoms with Crippen molar-refractivity contribution in [1.82, 2.24) is 15.2 Å². The SMILES string of the molecule is O=C(Nc1ccccc1)c1[nH]ncc1NS(=O)(=O)c1cccc2cccnc12. The second kappa shape index (κ2) is 7.12. The van der Waals surface area contributed by atoms with E-state index in [1.807, 2.05) is 6.07 Å². The monoisotopic (exact) mass is 393 g/mol. The number of nitrogens with one attached hydrogen (secondary N) is 3. The number of amides is 1. The first-order valence-corrected chi connectivity index (χ1v) is 9.79. The maximum atomic E-state index is 12.9. The molecule has 1 amide bonds. The summed E-state index contributed by atoms with van der Waals surface area (Å²) in [6.07, 6.45) is 2.77. The zero-order valence-corrected chi connectivity index (χ0v) is 15.3. The van der Waals surface area contributed by atoms with E-state index in [0.29, 0.717) is 16.6 Å². The van der Waals surface area contributed by atoms with Crippen LogP contribution in [0.15, 0.2) is 78.0 Å². The van der Waals surface area contributed by atoms with Crippen LogP contribution in [0.2, 0.25) is 0 Å². The summed E-state index contributed by atoms with van der Waals surface area (Å²) in [7, 11) is -3.99. The molecule has 2 heterocycles. The Morgan fingerprint density at radius 2 is 1.75 bits per heavy atom. The molecule has 2 aromatic heterocycles. The van der Waals surface area contributed by atoms with Crippen LogP contribution in [0.1, 0.15) is 10.5 Å². The minimum atomic E-state index is -3.99. The summed E-state index contributed by atoms with van der Waals surface area (Å²) in [5.74, 6) is -0.516.